The second kappa shape index (κ2) is 7.70. The number of amides is 1. The van der Waals surface area contributed by atoms with Gasteiger partial charge in [-0.1, -0.05) is 48.5 Å². The van der Waals surface area contributed by atoms with Gasteiger partial charge in [-0.2, -0.15) is 0 Å². The summed E-state index contributed by atoms with van der Waals surface area (Å²) in [6, 6.07) is 16.4. The molecular weight excluding hydrogens is 339 g/mol. The Morgan fingerprint density at radius 2 is 1.54 bits per heavy atom. The Kier molecular flexibility index (Phi) is 5.17. The lowest BCUT2D eigenvalue weighted by Gasteiger charge is -2.12. The van der Waals surface area contributed by atoms with Crippen LogP contribution >= 0.6 is 0 Å². The lowest BCUT2D eigenvalue weighted by Crippen LogP contribution is -2.11. The second-order valence-electron chi connectivity index (χ2n) is 5.52. The van der Waals surface area contributed by atoms with Crippen LogP contribution in [0.1, 0.15) is 5.56 Å². The van der Waals surface area contributed by atoms with Gasteiger partial charge in [-0.15, -0.1) is 0 Å². The zero-order chi connectivity index (χ0) is 18.5. The van der Waals surface area contributed by atoms with Gasteiger partial charge < -0.3 is 5.32 Å². The van der Waals surface area contributed by atoms with Crippen LogP contribution in [0.15, 0.2) is 72.8 Å². The fourth-order valence-corrected chi connectivity index (χ4v) is 2.49. The first kappa shape index (κ1) is 17.5. The van der Waals surface area contributed by atoms with Crippen LogP contribution in [0, 0.1) is 17.5 Å². The molecule has 0 aliphatic carbocycles. The molecule has 3 aromatic rings. The van der Waals surface area contributed by atoms with Gasteiger partial charge in [-0.3, -0.25) is 4.79 Å². The van der Waals surface area contributed by atoms with Crippen LogP contribution in [0.25, 0.3) is 17.2 Å². The van der Waals surface area contributed by atoms with Gasteiger partial charge in [0.05, 0.1) is 5.69 Å². The summed E-state index contributed by atoms with van der Waals surface area (Å²) >= 11 is 0. The number of anilines is 1. The minimum atomic E-state index is -0.892. The van der Waals surface area contributed by atoms with E-state index >= 15 is 0 Å². The molecule has 0 fully saturated rings. The first-order chi connectivity index (χ1) is 12.5. The topological polar surface area (TPSA) is 29.1 Å². The number of halogens is 3. The van der Waals surface area contributed by atoms with Gasteiger partial charge in [-0.25, -0.2) is 13.2 Å². The molecule has 0 saturated carbocycles. The monoisotopic (exact) mass is 353 g/mol. The van der Waals surface area contributed by atoms with E-state index in [1.54, 1.807) is 36.4 Å². The summed E-state index contributed by atoms with van der Waals surface area (Å²) in [4.78, 5) is 12.1. The Bertz CT molecular complexity index is 968. The molecule has 0 unspecified atom stereocenters. The normalized spacial score (nSPS) is 10.9. The van der Waals surface area contributed by atoms with E-state index < -0.39 is 23.4 Å². The van der Waals surface area contributed by atoms with Gasteiger partial charge in [0.1, 0.15) is 17.5 Å². The molecule has 0 aliphatic heterocycles. The molecule has 0 radical (unpaired) electrons. The van der Waals surface area contributed by atoms with Crippen LogP contribution in [-0.4, -0.2) is 5.91 Å². The van der Waals surface area contributed by atoms with Crippen molar-refractivity contribution in [2.45, 2.75) is 0 Å². The number of benzene rings is 3. The predicted molar refractivity (Wildman–Crippen MR) is 95.9 cm³/mol. The van der Waals surface area contributed by atoms with E-state index in [2.05, 4.69) is 5.32 Å². The van der Waals surface area contributed by atoms with Crippen molar-refractivity contribution < 1.29 is 18.0 Å². The van der Waals surface area contributed by atoms with Crippen molar-refractivity contribution in [3.8, 4) is 11.1 Å². The number of rotatable bonds is 4. The molecule has 3 rings (SSSR count). The maximum absolute atomic E-state index is 14.2. The minimum Gasteiger partial charge on any atom is -0.319 e. The summed E-state index contributed by atoms with van der Waals surface area (Å²) < 4.78 is 41.5. The van der Waals surface area contributed by atoms with Gasteiger partial charge in [0.25, 0.3) is 0 Å². The number of hydrogen-bond donors (Lipinski definition) is 1. The summed E-state index contributed by atoms with van der Waals surface area (Å²) in [6.45, 7) is 0. The molecule has 1 N–H and O–H groups in total. The quantitative estimate of drug-likeness (QED) is 0.623. The Hall–Kier alpha value is -3.34. The molecule has 2 nitrogen and oxygen atoms in total. The summed E-state index contributed by atoms with van der Waals surface area (Å²) in [7, 11) is 0. The standard InChI is InChI=1S/C21H14F3NO/c22-16-12-17(14-6-2-1-3-7-14)21(19(24)13-16)25-20(26)11-10-15-8-4-5-9-18(15)23/h1-13H,(H,25,26)/b11-10+. The smallest absolute Gasteiger partial charge is 0.248 e. The Morgan fingerprint density at radius 3 is 2.27 bits per heavy atom. The molecule has 0 aromatic heterocycles. The molecule has 0 atom stereocenters. The van der Waals surface area contributed by atoms with Crippen molar-refractivity contribution in [2.24, 2.45) is 0 Å². The zero-order valence-corrected chi connectivity index (χ0v) is 13.5. The molecule has 26 heavy (non-hydrogen) atoms. The lowest BCUT2D eigenvalue weighted by atomic mass is 10.0. The van der Waals surface area contributed by atoms with Crippen LogP contribution in [0.3, 0.4) is 0 Å². The number of nitrogens with one attached hydrogen (secondary N) is 1. The third-order valence-corrected chi connectivity index (χ3v) is 3.71. The van der Waals surface area contributed by atoms with Crippen molar-refractivity contribution in [3.63, 3.8) is 0 Å². The van der Waals surface area contributed by atoms with E-state index in [1.165, 1.54) is 24.3 Å². The van der Waals surface area contributed by atoms with Crippen LogP contribution in [0.5, 0.6) is 0 Å². The SMILES string of the molecule is O=C(/C=C/c1ccccc1F)Nc1c(F)cc(F)cc1-c1ccccc1. The second-order valence-corrected chi connectivity index (χ2v) is 5.52. The molecule has 0 bridgehead atoms. The van der Waals surface area contributed by atoms with Crippen LogP contribution in [0.4, 0.5) is 18.9 Å². The molecule has 1 amide bonds. The molecule has 3 aromatic carbocycles. The highest BCUT2D eigenvalue weighted by atomic mass is 19.1. The molecule has 5 heteroatoms. The highest BCUT2D eigenvalue weighted by molar-refractivity contribution is 6.04. The van der Waals surface area contributed by atoms with Crippen molar-refractivity contribution in [3.05, 3.63) is 95.8 Å². The zero-order valence-electron chi connectivity index (χ0n) is 13.5. The van der Waals surface area contributed by atoms with Gasteiger partial charge in [0.15, 0.2) is 0 Å². The van der Waals surface area contributed by atoms with Crippen molar-refractivity contribution in [2.75, 3.05) is 5.32 Å². The van der Waals surface area contributed by atoms with Gasteiger partial charge >= 0.3 is 0 Å². The van der Waals surface area contributed by atoms with Crippen LogP contribution in [-0.2, 0) is 4.79 Å². The third-order valence-electron chi connectivity index (χ3n) is 3.71. The first-order valence-electron chi connectivity index (χ1n) is 7.82. The average Bonchev–Trinajstić information content (AvgIpc) is 2.64. The number of carbonyl (C=O) groups is 1. The lowest BCUT2D eigenvalue weighted by molar-refractivity contribution is -0.111. The summed E-state index contributed by atoms with van der Waals surface area (Å²) in [5.74, 6) is -2.77. The Balaban J connectivity index is 1.90. The van der Waals surface area contributed by atoms with Gasteiger partial charge in [-0.05, 0) is 23.8 Å². The van der Waals surface area contributed by atoms with Gasteiger partial charge in [0.2, 0.25) is 5.91 Å². The minimum absolute atomic E-state index is 0.138. The van der Waals surface area contributed by atoms with E-state index in [4.69, 9.17) is 0 Å². The van der Waals surface area contributed by atoms with Crippen LogP contribution < -0.4 is 5.32 Å². The van der Waals surface area contributed by atoms with Crippen molar-refractivity contribution in [1.29, 1.82) is 0 Å². The summed E-state index contributed by atoms with van der Waals surface area (Å²) in [6.07, 6.45) is 2.38. The molecule has 0 spiro atoms. The fourth-order valence-electron chi connectivity index (χ4n) is 2.49. The fraction of sp³-hybridized carbons (Fsp3) is 0. The molecule has 0 saturated heterocycles. The largest absolute Gasteiger partial charge is 0.319 e. The molecule has 0 aliphatic rings. The summed E-state index contributed by atoms with van der Waals surface area (Å²) in [5, 5.41) is 2.40. The number of hydrogen-bond acceptors (Lipinski definition) is 1. The van der Waals surface area contributed by atoms with E-state index in [0.717, 1.165) is 12.1 Å². The molecule has 130 valence electrons. The van der Waals surface area contributed by atoms with E-state index in [0.29, 0.717) is 11.6 Å². The average molecular weight is 353 g/mol. The highest BCUT2D eigenvalue weighted by Gasteiger charge is 2.14. The van der Waals surface area contributed by atoms with Gasteiger partial charge in [0, 0.05) is 23.3 Å². The Labute approximate surface area is 148 Å². The van der Waals surface area contributed by atoms with E-state index in [-0.39, 0.29) is 16.8 Å². The van der Waals surface area contributed by atoms with Crippen LogP contribution in [0.2, 0.25) is 0 Å². The first-order valence-corrected chi connectivity index (χ1v) is 7.82. The van der Waals surface area contributed by atoms with Crippen molar-refractivity contribution in [1.82, 2.24) is 0 Å². The van der Waals surface area contributed by atoms with E-state index in [1.807, 2.05) is 0 Å². The molecule has 0 heterocycles. The highest BCUT2D eigenvalue weighted by Crippen LogP contribution is 2.31. The summed E-state index contributed by atoms with van der Waals surface area (Å²) in [5.41, 5.74) is 0.862. The maximum Gasteiger partial charge on any atom is 0.248 e. The predicted octanol–water partition coefficient (Wildman–Crippen LogP) is 5.42. The molecular formula is C21H14F3NO. The number of carbonyl (C=O) groups excluding carboxylic acids is 1. The van der Waals surface area contributed by atoms with E-state index in [9.17, 15) is 18.0 Å². The maximum atomic E-state index is 14.2. The Morgan fingerprint density at radius 1 is 0.846 bits per heavy atom. The van der Waals surface area contributed by atoms with Crippen molar-refractivity contribution >= 4 is 17.7 Å². The third kappa shape index (κ3) is 4.00.